The van der Waals surface area contributed by atoms with Gasteiger partial charge in [-0.05, 0) is 36.5 Å². The van der Waals surface area contributed by atoms with Crippen LogP contribution in [0.15, 0.2) is 28.9 Å². The van der Waals surface area contributed by atoms with Gasteiger partial charge in [0, 0.05) is 34.7 Å². The van der Waals surface area contributed by atoms with E-state index >= 15 is 0 Å². The van der Waals surface area contributed by atoms with Crippen molar-refractivity contribution in [3.63, 3.8) is 0 Å². The average molecular weight is 293 g/mol. The Hall–Kier alpha value is -0.800. The van der Waals surface area contributed by atoms with Crippen molar-refractivity contribution in [3.05, 3.63) is 34.4 Å². The lowest BCUT2D eigenvalue weighted by Gasteiger charge is -2.26. The van der Waals surface area contributed by atoms with Crippen LogP contribution < -0.4 is 5.73 Å². The number of rotatable bonds is 3. The molecule has 0 atom stereocenters. The van der Waals surface area contributed by atoms with Gasteiger partial charge >= 0.3 is 0 Å². The first kappa shape index (κ1) is 11.3. The molecule has 0 unspecified atom stereocenters. The van der Waals surface area contributed by atoms with Crippen LogP contribution in [0, 0.1) is 5.92 Å². The largest absolute Gasteiger partial charge is 0.347 e. The highest BCUT2D eigenvalue weighted by Crippen LogP contribution is 2.33. The molecule has 2 aromatic rings. The summed E-state index contributed by atoms with van der Waals surface area (Å²) >= 11 is 3.63. The van der Waals surface area contributed by atoms with Crippen molar-refractivity contribution >= 4 is 26.8 Å². The van der Waals surface area contributed by atoms with E-state index in [2.05, 4.69) is 44.9 Å². The van der Waals surface area contributed by atoms with Gasteiger partial charge in [-0.2, -0.15) is 0 Å². The molecule has 1 aliphatic rings. The Morgan fingerprint density at radius 3 is 2.82 bits per heavy atom. The fourth-order valence-electron chi connectivity index (χ4n) is 2.65. The minimum Gasteiger partial charge on any atom is -0.347 e. The standard InChI is InChI=1S/C14H17BrN2/c15-12-5-2-6-13-14(12)11(7-16)9-17(13)8-10-3-1-4-10/h2,5-6,9-10H,1,3-4,7-8,16H2. The Morgan fingerprint density at radius 1 is 1.35 bits per heavy atom. The summed E-state index contributed by atoms with van der Waals surface area (Å²) in [6.45, 7) is 1.75. The molecule has 3 heteroatoms. The van der Waals surface area contributed by atoms with Crippen molar-refractivity contribution in [3.8, 4) is 0 Å². The molecule has 2 N–H and O–H groups in total. The number of benzene rings is 1. The predicted molar refractivity (Wildman–Crippen MR) is 74.9 cm³/mol. The van der Waals surface area contributed by atoms with Crippen LogP contribution in [0.25, 0.3) is 10.9 Å². The van der Waals surface area contributed by atoms with Gasteiger partial charge in [-0.1, -0.05) is 28.4 Å². The molecule has 0 radical (unpaired) electrons. The highest BCUT2D eigenvalue weighted by Gasteiger charge is 2.19. The monoisotopic (exact) mass is 292 g/mol. The van der Waals surface area contributed by atoms with Crippen LogP contribution in [0.2, 0.25) is 0 Å². The van der Waals surface area contributed by atoms with Gasteiger partial charge in [0.15, 0.2) is 0 Å². The first-order chi connectivity index (χ1) is 8.29. The number of hydrogen-bond donors (Lipinski definition) is 1. The predicted octanol–water partition coefficient (Wildman–Crippen LogP) is 3.66. The van der Waals surface area contributed by atoms with E-state index < -0.39 is 0 Å². The SMILES string of the molecule is NCc1cn(CC2CCC2)c2cccc(Br)c12. The van der Waals surface area contributed by atoms with E-state index in [1.54, 1.807) is 0 Å². The van der Waals surface area contributed by atoms with Gasteiger partial charge in [0.25, 0.3) is 0 Å². The second-order valence-corrected chi connectivity index (χ2v) is 5.80. The fourth-order valence-corrected chi connectivity index (χ4v) is 3.26. The van der Waals surface area contributed by atoms with Crippen LogP contribution in [0.1, 0.15) is 24.8 Å². The van der Waals surface area contributed by atoms with Crippen LogP contribution >= 0.6 is 15.9 Å². The molecule has 1 aromatic carbocycles. The maximum absolute atomic E-state index is 5.84. The van der Waals surface area contributed by atoms with Gasteiger partial charge in [0.2, 0.25) is 0 Å². The van der Waals surface area contributed by atoms with Crippen LogP contribution in [-0.4, -0.2) is 4.57 Å². The summed E-state index contributed by atoms with van der Waals surface area (Å²) in [7, 11) is 0. The Bertz CT molecular complexity index is 540. The van der Waals surface area contributed by atoms with Gasteiger partial charge in [-0.25, -0.2) is 0 Å². The molecule has 0 saturated heterocycles. The molecule has 0 amide bonds. The molecule has 2 nitrogen and oxygen atoms in total. The first-order valence-corrected chi connectivity index (χ1v) is 7.05. The molecule has 0 spiro atoms. The van der Waals surface area contributed by atoms with E-state index in [0.717, 1.165) is 16.9 Å². The average Bonchev–Trinajstić information content (AvgIpc) is 2.63. The zero-order valence-electron chi connectivity index (χ0n) is 9.82. The summed E-state index contributed by atoms with van der Waals surface area (Å²) in [5.74, 6) is 0.871. The third kappa shape index (κ3) is 1.91. The highest BCUT2D eigenvalue weighted by atomic mass is 79.9. The molecule has 0 bridgehead atoms. The lowest BCUT2D eigenvalue weighted by Crippen LogP contribution is -2.17. The molecular formula is C14H17BrN2. The van der Waals surface area contributed by atoms with E-state index in [4.69, 9.17) is 5.73 Å². The van der Waals surface area contributed by atoms with E-state index in [-0.39, 0.29) is 0 Å². The lowest BCUT2D eigenvalue weighted by molar-refractivity contribution is 0.279. The maximum atomic E-state index is 5.84. The molecule has 3 rings (SSSR count). The van der Waals surface area contributed by atoms with Crippen molar-refractivity contribution in [1.82, 2.24) is 4.57 Å². The van der Waals surface area contributed by atoms with Crippen molar-refractivity contribution in [2.24, 2.45) is 11.7 Å². The van der Waals surface area contributed by atoms with Crippen LogP contribution in [0.3, 0.4) is 0 Å². The Labute approximate surface area is 110 Å². The number of aromatic nitrogens is 1. The summed E-state index contributed by atoms with van der Waals surface area (Å²) in [4.78, 5) is 0. The third-order valence-corrected chi connectivity index (χ3v) is 4.49. The van der Waals surface area contributed by atoms with Gasteiger partial charge in [0.05, 0.1) is 0 Å². The van der Waals surface area contributed by atoms with Crippen molar-refractivity contribution in [2.45, 2.75) is 32.4 Å². The molecule has 0 aliphatic heterocycles. The van der Waals surface area contributed by atoms with E-state index in [1.807, 2.05) is 0 Å². The fraction of sp³-hybridized carbons (Fsp3) is 0.429. The molecule has 1 fully saturated rings. The van der Waals surface area contributed by atoms with Crippen molar-refractivity contribution in [2.75, 3.05) is 0 Å². The number of fused-ring (bicyclic) bond motifs is 1. The van der Waals surface area contributed by atoms with Crippen molar-refractivity contribution < 1.29 is 0 Å². The zero-order valence-corrected chi connectivity index (χ0v) is 11.4. The van der Waals surface area contributed by atoms with E-state index in [9.17, 15) is 0 Å². The number of hydrogen-bond acceptors (Lipinski definition) is 1. The number of halogens is 1. The second-order valence-electron chi connectivity index (χ2n) is 4.94. The molecule has 1 saturated carbocycles. The van der Waals surface area contributed by atoms with Crippen molar-refractivity contribution in [1.29, 1.82) is 0 Å². The Kier molecular flexibility index (Phi) is 2.97. The van der Waals surface area contributed by atoms with E-state index in [0.29, 0.717) is 6.54 Å². The summed E-state index contributed by atoms with van der Waals surface area (Å²) < 4.78 is 3.54. The lowest BCUT2D eigenvalue weighted by atomic mass is 9.85. The van der Waals surface area contributed by atoms with Gasteiger partial charge in [-0.15, -0.1) is 0 Å². The normalized spacial score (nSPS) is 16.4. The summed E-state index contributed by atoms with van der Waals surface area (Å²) in [6, 6.07) is 6.39. The summed E-state index contributed by atoms with van der Waals surface area (Å²) in [6.07, 6.45) is 6.39. The quantitative estimate of drug-likeness (QED) is 0.920. The smallest absolute Gasteiger partial charge is 0.0495 e. The molecular weight excluding hydrogens is 276 g/mol. The molecule has 1 heterocycles. The maximum Gasteiger partial charge on any atom is 0.0495 e. The molecule has 17 heavy (non-hydrogen) atoms. The highest BCUT2D eigenvalue weighted by molar-refractivity contribution is 9.10. The number of nitrogens with two attached hydrogens (primary N) is 1. The summed E-state index contributed by atoms with van der Waals surface area (Å²) in [5.41, 5.74) is 8.40. The molecule has 90 valence electrons. The Morgan fingerprint density at radius 2 is 2.18 bits per heavy atom. The van der Waals surface area contributed by atoms with Crippen LogP contribution in [0.4, 0.5) is 0 Å². The van der Waals surface area contributed by atoms with Gasteiger partial charge < -0.3 is 10.3 Å². The zero-order chi connectivity index (χ0) is 11.8. The minimum atomic E-state index is 0.608. The van der Waals surface area contributed by atoms with Gasteiger partial charge in [-0.3, -0.25) is 0 Å². The van der Waals surface area contributed by atoms with Gasteiger partial charge in [0.1, 0.15) is 0 Å². The third-order valence-electron chi connectivity index (χ3n) is 3.83. The van der Waals surface area contributed by atoms with E-state index in [1.165, 1.54) is 35.7 Å². The first-order valence-electron chi connectivity index (χ1n) is 6.26. The second kappa shape index (κ2) is 4.46. The van der Waals surface area contributed by atoms with Crippen LogP contribution in [0.5, 0.6) is 0 Å². The molecule has 1 aliphatic carbocycles. The summed E-state index contributed by atoms with van der Waals surface area (Å²) in [5, 5.41) is 1.29. The molecule has 1 aromatic heterocycles. The number of nitrogens with zero attached hydrogens (tertiary/aromatic N) is 1. The van der Waals surface area contributed by atoms with Crippen LogP contribution in [-0.2, 0) is 13.1 Å². The Balaban J connectivity index is 2.08. The minimum absolute atomic E-state index is 0.608. The topological polar surface area (TPSA) is 30.9 Å².